The highest BCUT2D eigenvalue weighted by atomic mass is 32.1. The lowest BCUT2D eigenvalue weighted by Gasteiger charge is -2.43. The Morgan fingerprint density at radius 1 is 1.29 bits per heavy atom. The quantitative estimate of drug-likeness (QED) is 0.911. The topological polar surface area (TPSA) is 46.3 Å². The van der Waals surface area contributed by atoms with Crippen LogP contribution in [-0.2, 0) is 11.2 Å². The van der Waals surface area contributed by atoms with Crippen molar-refractivity contribution in [3.8, 4) is 0 Å². The van der Waals surface area contributed by atoms with Crippen molar-refractivity contribution in [3.63, 3.8) is 0 Å². The Morgan fingerprint density at radius 3 is 2.76 bits per heavy atom. The van der Waals surface area contributed by atoms with E-state index in [0.717, 1.165) is 38.6 Å². The van der Waals surface area contributed by atoms with Crippen LogP contribution in [0.2, 0.25) is 0 Å². The summed E-state index contributed by atoms with van der Waals surface area (Å²) in [5.74, 6) is 0.908. The minimum absolute atomic E-state index is 0.232. The number of rotatable bonds is 2. The van der Waals surface area contributed by atoms with Crippen molar-refractivity contribution in [2.75, 3.05) is 6.54 Å². The highest BCUT2D eigenvalue weighted by Crippen LogP contribution is 2.49. The van der Waals surface area contributed by atoms with Gasteiger partial charge in [-0.25, -0.2) is 0 Å². The summed E-state index contributed by atoms with van der Waals surface area (Å²) in [6.07, 6.45) is 8.72. The molecule has 1 aliphatic heterocycles. The van der Waals surface area contributed by atoms with Crippen molar-refractivity contribution in [1.82, 2.24) is 4.90 Å². The average Bonchev–Trinajstić information content (AvgIpc) is 3.22. The molecule has 1 aromatic heterocycles. The summed E-state index contributed by atoms with van der Waals surface area (Å²) < 4.78 is 0. The molecule has 1 atom stereocenters. The van der Waals surface area contributed by atoms with Gasteiger partial charge in [-0.05, 0) is 55.0 Å². The van der Waals surface area contributed by atoms with Gasteiger partial charge in [0.25, 0.3) is 0 Å². The van der Waals surface area contributed by atoms with Crippen molar-refractivity contribution >= 4 is 17.2 Å². The third-order valence-corrected chi connectivity index (χ3v) is 6.51. The molecule has 114 valence electrons. The molecule has 1 unspecified atom stereocenters. The van der Waals surface area contributed by atoms with Crippen LogP contribution in [0.3, 0.4) is 0 Å². The van der Waals surface area contributed by atoms with Crippen molar-refractivity contribution in [2.45, 2.75) is 62.9 Å². The predicted molar refractivity (Wildman–Crippen MR) is 85.2 cm³/mol. The number of amides is 1. The molecule has 0 bridgehead atoms. The molecule has 4 heteroatoms. The first-order valence-electron chi connectivity index (χ1n) is 8.35. The number of hydrogen-bond acceptors (Lipinski definition) is 3. The number of hydrogen-bond donors (Lipinski definition) is 1. The average molecular weight is 304 g/mol. The van der Waals surface area contributed by atoms with Crippen molar-refractivity contribution < 1.29 is 4.79 Å². The minimum atomic E-state index is -0.584. The maximum absolute atomic E-state index is 13.2. The van der Waals surface area contributed by atoms with Gasteiger partial charge in [0.05, 0.1) is 11.6 Å². The Balaban J connectivity index is 1.63. The van der Waals surface area contributed by atoms with Crippen LogP contribution in [0, 0.1) is 5.92 Å². The predicted octanol–water partition coefficient (Wildman–Crippen LogP) is 3.25. The number of carbonyl (C=O) groups excluding carboxylic acids is 1. The molecule has 0 aromatic carbocycles. The molecule has 2 saturated carbocycles. The van der Waals surface area contributed by atoms with E-state index in [2.05, 4.69) is 16.3 Å². The van der Waals surface area contributed by atoms with Crippen LogP contribution in [0.5, 0.6) is 0 Å². The normalized spacial score (nSPS) is 28.2. The van der Waals surface area contributed by atoms with E-state index in [0.29, 0.717) is 12.0 Å². The molecule has 4 rings (SSSR count). The van der Waals surface area contributed by atoms with E-state index in [1.54, 1.807) is 0 Å². The number of carbonyl (C=O) groups is 1. The highest BCUT2D eigenvalue weighted by Gasteiger charge is 2.46. The van der Waals surface area contributed by atoms with Gasteiger partial charge in [-0.1, -0.05) is 19.3 Å². The standard InChI is InChI=1S/C17H24N2OS/c18-17(8-2-1-3-9-17)16(20)19-10-6-14-13(7-11-21-14)15(19)12-4-5-12/h7,11-12,15H,1-6,8-10,18H2. The zero-order valence-corrected chi connectivity index (χ0v) is 13.3. The Morgan fingerprint density at radius 2 is 2.05 bits per heavy atom. The lowest BCUT2D eigenvalue weighted by molar-refractivity contribution is -0.141. The van der Waals surface area contributed by atoms with Gasteiger partial charge in [0.1, 0.15) is 0 Å². The van der Waals surface area contributed by atoms with Crippen molar-refractivity contribution in [2.24, 2.45) is 11.7 Å². The van der Waals surface area contributed by atoms with Crippen LogP contribution in [0.25, 0.3) is 0 Å². The van der Waals surface area contributed by atoms with E-state index in [-0.39, 0.29) is 5.91 Å². The summed E-state index contributed by atoms with van der Waals surface area (Å²) in [5, 5.41) is 2.19. The molecule has 3 nitrogen and oxygen atoms in total. The van der Waals surface area contributed by atoms with Crippen LogP contribution in [0.4, 0.5) is 0 Å². The molecule has 2 N–H and O–H groups in total. The summed E-state index contributed by atoms with van der Waals surface area (Å²) in [5.41, 5.74) is 7.36. The third-order valence-electron chi connectivity index (χ3n) is 5.52. The zero-order valence-electron chi connectivity index (χ0n) is 12.5. The number of thiophene rings is 1. The van der Waals surface area contributed by atoms with Crippen LogP contribution >= 0.6 is 11.3 Å². The fourth-order valence-electron chi connectivity index (χ4n) is 4.18. The van der Waals surface area contributed by atoms with E-state index >= 15 is 0 Å². The summed E-state index contributed by atoms with van der Waals surface area (Å²) >= 11 is 1.85. The maximum atomic E-state index is 13.2. The molecule has 1 amide bonds. The number of nitrogens with two attached hydrogens (primary N) is 1. The Labute approximate surface area is 130 Å². The summed E-state index contributed by atoms with van der Waals surface area (Å²) in [6.45, 7) is 0.868. The Hall–Kier alpha value is -0.870. The summed E-state index contributed by atoms with van der Waals surface area (Å²) in [4.78, 5) is 16.8. The molecular weight excluding hydrogens is 280 g/mol. The van der Waals surface area contributed by atoms with Gasteiger partial charge < -0.3 is 10.6 Å². The van der Waals surface area contributed by atoms with Gasteiger partial charge in [-0.15, -0.1) is 11.3 Å². The minimum Gasteiger partial charge on any atom is -0.333 e. The molecule has 2 fully saturated rings. The van der Waals surface area contributed by atoms with E-state index in [1.807, 2.05) is 11.3 Å². The highest BCUT2D eigenvalue weighted by molar-refractivity contribution is 7.10. The van der Waals surface area contributed by atoms with Crippen LogP contribution < -0.4 is 5.73 Å². The first-order chi connectivity index (χ1) is 10.2. The molecule has 2 aliphatic carbocycles. The number of nitrogens with zero attached hydrogens (tertiary/aromatic N) is 1. The largest absolute Gasteiger partial charge is 0.333 e. The van der Waals surface area contributed by atoms with E-state index < -0.39 is 5.54 Å². The smallest absolute Gasteiger partial charge is 0.243 e. The monoisotopic (exact) mass is 304 g/mol. The second kappa shape index (κ2) is 5.10. The van der Waals surface area contributed by atoms with Gasteiger partial charge in [0.15, 0.2) is 0 Å². The van der Waals surface area contributed by atoms with E-state index in [9.17, 15) is 4.79 Å². The molecule has 0 spiro atoms. The van der Waals surface area contributed by atoms with E-state index in [1.165, 1.54) is 29.7 Å². The van der Waals surface area contributed by atoms with Gasteiger partial charge in [-0.3, -0.25) is 4.79 Å². The lowest BCUT2D eigenvalue weighted by atomic mass is 9.80. The fourth-order valence-corrected chi connectivity index (χ4v) is 5.09. The Bertz CT molecular complexity index is 543. The SMILES string of the molecule is NC1(C(=O)N2CCc3sccc3C2C2CC2)CCCCC1. The second-order valence-corrected chi connectivity index (χ2v) is 8.05. The van der Waals surface area contributed by atoms with Crippen LogP contribution in [0.1, 0.15) is 61.4 Å². The summed E-state index contributed by atoms with van der Waals surface area (Å²) in [6, 6.07) is 2.56. The summed E-state index contributed by atoms with van der Waals surface area (Å²) in [7, 11) is 0. The van der Waals surface area contributed by atoms with E-state index in [4.69, 9.17) is 5.73 Å². The van der Waals surface area contributed by atoms with Gasteiger partial charge in [0.2, 0.25) is 5.91 Å². The molecule has 0 saturated heterocycles. The van der Waals surface area contributed by atoms with Crippen molar-refractivity contribution in [3.05, 3.63) is 21.9 Å². The first kappa shape index (κ1) is 13.8. The Kier molecular flexibility index (Phi) is 3.34. The van der Waals surface area contributed by atoms with Gasteiger partial charge >= 0.3 is 0 Å². The van der Waals surface area contributed by atoms with Crippen molar-refractivity contribution in [1.29, 1.82) is 0 Å². The lowest BCUT2D eigenvalue weighted by Crippen LogP contribution is -2.58. The molecule has 21 heavy (non-hydrogen) atoms. The van der Waals surface area contributed by atoms with Gasteiger partial charge in [-0.2, -0.15) is 0 Å². The first-order valence-corrected chi connectivity index (χ1v) is 9.23. The molecule has 0 radical (unpaired) electrons. The maximum Gasteiger partial charge on any atom is 0.243 e. The second-order valence-electron chi connectivity index (χ2n) is 7.05. The van der Waals surface area contributed by atoms with Crippen LogP contribution in [0.15, 0.2) is 11.4 Å². The zero-order chi connectivity index (χ0) is 14.4. The molecule has 3 aliphatic rings. The molecular formula is C17H24N2OS. The third kappa shape index (κ3) is 2.33. The molecule has 1 aromatic rings. The fraction of sp³-hybridized carbons (Fsp3) is 0.706. The van der Waals surface area contributed by atoms with Crippen LogP contribution in [-0.4, -0.2) is 22.9 Å². The molecule has 2 heterocycles. The van der Waals surface area contributed by atoms with Gasteiger partial charge in [0, 0.05) is 11.4 Å². The number of fused-ring (bicyclic) bond motifs is 1.